The number of ether oxygens (including phenoxy) is 1. The second-order valence-corrected chi connectivity index (χ2v) is 4.82. The summed E-state index contributed by atoms with van der Waals surface area (Å²) in [5.41, 5.74) is 2.07. The molecule has 1 aromatic heterocycles. The van der Waals surface area contributed by atoms with Gasteiger partial charge >= 0.3 is 28.0 Å². The predicted molar refractivity (Wildman–Crippen MR) is 79.8 cm³/mol. The topological polar surface area (TPSA) is 72.8 Å². The number of hydrogen-bond donors (Lipinski definition) is 1. The molecule has 0 bridgehead atoms. The van der Waals surface area contributed by atoms with Crippen LogP contribution in [0.2, 0.25) is 0 Å². The van der Waals surface area contributed by atoms with Crippen molar-refractivity contribution in [2.75, 3.05) is 14.2 Å². The Morgan fingerprint density at radius 3 is 2.13 bits per heavy atom. The first-order valence-electron chi connectivity index (χ1n) is 6.90. The maximum absolute atomic E-state index is 11.4. The fourth-order valence-electron chi connectivity index (χ4n) is 2.63. The van der Waals surface area contributed by atoms with Gasteiger partial charge in [-0.15, -0.1) is 0 Å². The highest BCUT2D eigenvalue weighted by Crippen LogP contribution is 2.25. The van der Waals surface area contributed by atoms with Gasteiger partial charge in [0.1, 0.15) is 14.2 Å². The number of hydrogen-bond acceptors (Lipinski definition) is 5. The second-order valence-electron chi connectivity index (χ2n) is 4.82. The quantitative estimate of drug-likeness (QED) is 0.326. The molecule has 0 spiro atoms. The van der Waals surface area contributed by atoms with Crippen LogP contribution in [0.15, 0.2) is 36.4 Å². The Labute approximate surface area is 131 Å². The number of phenolic OH excluding ortho intramolecular Hbond substituents is 1. The Hall–Kier alpha value is -3.09. The first kappa shape index (κ1) is 14.8. The molecule has 0 radical (unpaired) electrons. The van der Waals surface area contributed by atoms with Gasteiger partial charge in [0.2, 0.25) is 11.5 Å². The maximum atomic E-state index is 11.4. The third kappa shape index (κ3) is 2.26. The molecule has 0 atom stereocenters. The van der Waals surface area contributed by atoms with Crippen molar-refractivity contribution in [3.63, 3.8) is 0 Å². The average Bonchev–Trinajstić information content (AvgIpc) is 2.53. The van der Waals surface area contributed by atoms with Gasteiger partial charge in [0.15, 0.2) is 0 Å². The van der Waals surface area contributed by atoms with Crippen LogP contribution in [-0.4, -0.2) is 25.3 Å². The van der Waals surface area contributed by atoms with Crippen molar-refractivity contribution in [2.45, 2.75) is 6.92 Å². The van der Waals surface area contributed by atoms with E-state index in [1.54, 1.807) is 36.4 Å². The summed E-state index contributed by atoms with van der Waals surface area (Å²) >= 11 is 0. The molecule has 1 heterocycles. The number of esters is 1. The molecule has 7 nitrogen and oxygen atoms in total. The van der Waals surface area contributed by atoms with E-state index in [1.165, 1.54) is 30.6 Å². The number of benzene rings is 2. The lowest BCUT2D eigenvalue weighted by Gasteiger charge is -2.05. The molecule has 1 N–H and O–H groups in total. The normalized spacial score (nSPS) is 10.7. The number of aromatic nitrogens is 2. The van der Waals surface area contributed by atoms with Gasteiger partial charge in [-0.3, -0.25) is 14.5 Å². The molecule has 0 aliphatic heterocycles. The lowest BCUT2D eigenvalue weighted by atomic mass is 10.2. The number of nitrogens with zero attached hydrogens (tertiary/aromatic N) is 2. The number of fused-ring (bicyclic) bond motifs is 2. The first-order valence-corrected chi connectivity index (χ1v) is 6.90. The van der Waals surface area contributed by atoms with Gasteiger partial charge < -0.3 is 9.84 Å². The summed E-state index contributed by atoms with van der Waals surface area (Å²) in [5.74, 6) is -0.0806. The molecule has 0 aliphatic carbocycles. The molecular formula is C16H16N2O5+2. The predicted octanol–water partition coefficient (Wildman–Crippen LogP) is 0.316. The summed E-state index contributed by atoms with van der Waals surface area (Å²) in [6.45, 7) is 1.33. The van der Waals surface area contributed by atoms with E-state index in [2.05, 4.69) is 0 Å². The Balaban J connectivity index is 2.57. The van der Waals surface area contributed by atoms with Crippen LogP contribution in [0.3, 0.4) is 0 Å². The smallest absolute Gasteiger partial charge is 0.376 e. The zero-order chi connectivity index (χ0) is 16.6. The highest BCUT2D eigenvalue weighted by molar-refractivity contribution is 5.84. The number of aromatic hydroxyl groups is 1. The maximum Gasteiger partial charge on any atom is 0.376 e. The Morgan fingerprint density at radius 2 is 1.52 bits per heavy atom. The number of carbonyl (C=O) groups is 1. The lowest BCUT2D eigenvalue weighted by molar-refractivity contribution is -0.875. The van der Waals surface area contributed by atoms with Crippen LogP contribution >= 0.6 is 0 Å². The highest BCUT2D eigenvalue weighted by atomic mass is 16.7. The molecule has 0 unspecified atom stereocenters. The first-order chi connectivity index (χ1) is 11.1. The van der Waals surface area contributed by atoms with Crippen LogP contribution in [-0.2, 0) is 4.79 Å². The van der Waals surface area contributed by atoms with Crippen LogP contribution in [0.5, 0.6) is 11.5 Å². The monoisotopic (exact) mass is 316 g/mol. The van der Waals surface area contributed by atoms with E-state index in [0.29, 0.717) is 27.8 Å². The van der Waals surface area contributed by atoms with Crippen molar-refractivity contribution in [1.29, 1.82) is 0 Å². The highest BCUT2D eigenvalue weighted by Gasteiger charge is 2.35. The van der Waals surface area contributed by atoms with Crippen molar-refractivity contribution in [2.24, 2.45) is 0 Å². The lowest BCUT2D eigenvalue weighted by Crippen LogP contribution is -2.51. The molecule has 3 rings (SSSR count). The molecule has 0 amide bonds. The fourth-order valence-corrected chi connectivity index (χ4v) is 2.63. The number of para-hydroxylation sites is 2. The molecule has 3 aromatic rings. The number of carbonyl (C=O) groups excluding carboxylic acids is 1. The largest absolute Gasteiger partial charge is 0.502 e. The molecule has 118 valence electrons. The molecule has 7 heteroatoms. The SMILES string of the molecule is CO[n+]1c2cccc(OC(C)=O)c2[n+](OC)c2cccc(O)c21. The summed E-state index contributed by atoms with van der Waals surface area (Å²) in [4.78, 5) is 22.3. The minimum absolute atomic E-state index is 0.0370. The molecule has 0 aliphatic rings. The third-order valence-electron chi connectivity index (χ3n) is 3.43. The van der Waals surface area contributed by atoms with E-state index >= 15 is 0 Å². The number of rotatable bonds is 3. The Morgan fingerprint density at radius 1 is 0.957 bits per heavy atom. The number of phenols is 1. The van der Waals surface area contributed by atoms with Gasteiger partial charge in [0.25, 0.3) is 0 Å². The summed E-state index contributed by atoms with van der Waals surface area (Å²) in [5, 5.41) is 10.2. The van der Waals surface area contributed by atoms with Crippen LogP contribution in [0, 0.1) is 0 Å². The minimum atomic E-state index is -0.444. The van der Waals surface area contributed by atoms with E-state index < -0.39 is 5.97 Å². The standard InChI is InChI=1S/C16H15N2O5/c1-10(19)23-14-9-5-7-12-16(14)18(22-3)11-6-4-8-13(20)15(11)17(12)21-2/h4-9H,1-3H3/q+1/p+1. The van der Waals surface area contributed by atoms with Crippen LogP contribution < -0.4 is 23.9 Å². The van der Waals surface area contributed by atoms with Gasteiger partial charge in [0.05, 0.1) is 0 Å². The van der Waals surface area contributed by atoms with Crippen molar-refractivity contribution < 1.29 is 33.8 Å². The summed E-state index contributed by atoms with van der Waals surface area (Å²) in [6.07, 6.45) is 0. The van der Waals surface area contributed by atoms with Gasteiger partial charge in [0, 0.05) is 28.5 Å². The van der Waals surface area contributed by atoms with E-state index in [1.807, 2.05) is 0 Å². The molecule has 23 heavy (non-hydrogen) atoms. The van der Waals surface area contributed by atoms with Crippen molar-refractivity contribution in [1.82, 2.24) is 0 Å². The summed E-state index contributed by atoms with van der Waals surface area (Å²) in [7, 11) is 2.98. The van der Waals surface area contributed by atoms with E-state index in [4.69, 9.17) is 14.4 Å². The van der Waals surface area contributed by atoms with Gasteiger partial charge in [-0.05, 0) is 12.1 Å². The fraction of sp³-hybridized carbons (Fsp3) is 0.188. The molecular weight excluding hydrogens is 300 g/mol. The Bertz CT molecular complexity index is 923. The van der Waals surface area contributed by atoms with Crippen LogP contribution in [0.1, 0.15) is 6.92 Å². The molecule has 0 saturated heterocycles. The van der Waals surface area contributed by atoms with Gasteiger partial charge in [-0.2, -0.15) is 0 Å². The zero-order valence-electron chi connectivity index (χ0n) is 12.9. The molecule has 2 aromatic carbocycles. The minimum Gasteiger partial charge on any atom is -0.502 e. The molecule has 0 fully saturated rings. The van der Waals surface area contributed by atoms with Crippen molar-refractivity contribution in [3.05, 3.63) is 36.4 Å². The van der Waals surface area contributed by atoms with E-state index in [9.17, 15) is 9.90 Å². The van der Waals surface area contributed by atoms with Crippen molar-refractivity contribution >= 4 is 28.0 Å². The summed E-state index contributed by atoms with van der Waals surface area (Å²) < 4.78 is 8.22. The van der Waals surface area contributed by atoms with Crippen LogP contribution in [0.4, 0.5) is 0 Å². The van der Waals surface area contributed by atoms with Crippen molar-refractivity contribution in [3.8, 4) is 11.5 Å². The van der Waals surface area contributed by atoms with Gasteiger partial charge in [-0.1, -0.05) is 12.1 Å². The van der Waals surface area contributed by atoms with E-state index in [0.717, 1.165) is 0 Å². The average molecular weight is 316 g/mol. The zero-order valence-corrected chi connectivity index (χ0v) is 12.9. The van der Waals surface area contributed by atoms with Gasteiger partial charge in [-0.25, -0.2) is 0 Å². The second kappa shape index (κ2) is 5.60. The Kier molecular flexibility index (Phi) is 3.61. The molecule has 0 saturated carbocycles. The van der Waals surface area contributed by atoms with E-state index in [-0.39, 0.29) is 5.75 Å². The third-order valence-corrected chi connectivity index (χ3v) is 3.43. The summed E-state index contributed by atoms with van der Waals surface area (Å²) in [6, 6.07) is 10.2. The van der Waals surface area contributed by atoms with Crippen LogP contribution in [0.25, 0.3) is 22.1 Å².